The SMILES string of the molecule is CC=[N-].[CH3-].[Pd+2].c1cnc(-c2ncccn2)nc1. The van der Waals surface area contributed by atoms with Gasteiger partial charge < -0.3 is 12.8 Å². The van der Waals surface area contributed by atoms with Gasteiger partial charge in [-0.25, -0.2) is 26.2 Å². The Morgan fingerprint density at radius 2 is 1.12 bits per heavy atom. The Bertz CT molecular complexity index is 356. The quantitative estimate of drug-likeness (QED) is 0.457. The van der Waals surface area contributed by atoms with Crippen LogP contribution in [0.25, 0.3) is 17.1 Å². The fourth-order valence-electron chi connectivity index (χ4n) is 0.829. The molecule has 0 saturated heterocycles. The summed E-state index contributed by atoms with van der Waals surface area (Å²) >= 11 is 0. The van der Waals surface area contributed by atoms with Crippen LogP contribution in [0, 0.1) is 7.43 Å². The maximum absolute atomic E-state index is 7.44. The molecule has 0 saturated carbocycles. The average Bonchev–Trinajstić information content (AvgIpc) is 2.32. The maximum Gasteiger partial charge on any atom is 2.00 e. The summed E-state index contributed by atoms with van der Waals surface area (Å²) in [5, 5.41) is 7.44. The van der Waals surface area contributed by atoms with E-state index in [9.17, 15) is 0 Å². The van der Waals surface area contributed by atoms with Gasteiger partial charge in [-0.3, -0.25) is 0 Å². The molecule has 5 nitrogen and oxygen atoms in total. The van der Waals surface area contributed by atoms with Crippen LogP contribution in [0.4, 0.5) is 0 Å². The van der Waals surface area contributed by atoms with Crippen molar-refractivity contribution in [3.63, 3.8) is 0 Å². The molecular formula is C11H13N5Pd. The molecule has 0 aliphatic carbocycles. The molecule has 0 unspecified atom stereocenters. The Hall–Kier alpha value is -1.51. The van der Waals surface area contributed by atoms with Gasteiger partial charge in [-0.15, -0.1) is 0 Å². The van der Waals surface area contributed by atoms with Crippen LogP contribution in [0.5, 0.6) is 0 Å². The normalized spacial score (nSPS) is 7.59. The molecule has 92 valence electrons. The van der Waals surface area contributed by atoms with Crippen LogP contribution < -0.4 is 0 Å². The van der Waals surface area contributed by atoms with E-state index in [1.165, 1.54) is 0 Å². The van der Waals surface area contributed by atoms with Crippen LogP contribution in [-0.2, 0) is 20.4 Å². The monoisotopic (exact) mass is 321 g/mol. The van der Waals surface area contributed by atoms with Crippen molar-refractivity contribution in [2.24, 2.45) is 0 Å². The van der Waals surface area contributed by atoms with E-state index >= 15 is 0 Å². The van der Waals surface area contributed by atoms with E-state index in [-0.39, 0.29) is 27.8 Å². The van der Waals surface area contributed by atoms with Crippen molar-refractivity contribution in [3.8, 4) is 11.6 Å². The van der Waals surface area contributed by atoms with Gasteiger partial charge in [0.2, 0.25) is 0 Å². The Labute approximate surface area is 115 Å². The Morgan fingerprint density at radius 3 is 1.35 bits per heavy atom. The summed E-state index contributed by atoms with van der Waals surface area (Å²) < 4.78 is 0. The van der Waals surface area contributed by atoms with Gasteiger partial charge in [0.15, 0.2) is 11.6 Å². The molecule has 0 aliphatic rings. The third kappa shape index (κ3) is 6.61. The van der Waals surface area contributed by atoms with E-state index in [0.29, 0.717) is 11.6 Å². The standard InChI is InChI=1S/C8H6N4.C2H4N.CH3.Pd/c1-3-9-7(10-4-1)8-11-5-2-6-12-8;1-2-3;;/h1-6H;2H,1H3;1H3;/q;2*-1;+2. The molecule has 0 amide bonds. The fourth-order valence-corrected chi connectivity index (χ4v) is 0.829. The second kappa shape index (κ2) is 11.0. The Balaban J connectivity index is 0. The predicted molar refractivity (Wildman–Crippen MR) is 64.6 cm³/mol. The van der Waals surface area contributed by atoms with Crippen molar-refractivity contribution >= 4 is 6.21 Å². The first-order valence-corrected chi connectivity index (χ1v) is 4.35. The molecule has 2 aromatic heterocycles. The molecule has 0 bridgehead atoms. The third-order valence-corrected chi connectivity index (χ3v) is 1.33. The van der Waals surface area contributed by atoms with Gasteiger partial charge in [0.05, 0.1) is 0 Å². The smallest absolute Gasteiger partial charge is 0.814 e. The molecular weight excluding hydrogens is 309 g/mol. The molecule has 2 heterocycles. The molecule has 2 aromatic rings. The van der Waals surface area contributed by atoms with Crippen molar-refractivity contribution in [1.82, 2.24) is 19.9 Å². The zero-order valence-corrected chi connectivity index (χ0v) is 11.1. The molecule has 0 spiro atoms. The number of hydrogen-bond donors (Lipinski definition) is 0. The molecule has 0 fully saturated rings. The predicted octanol–water partition coefficient (Wildman–Crippen LogP) is 2.03. The number of hydrogen-bond acceptors (Lipinski definition) is 4. The molecule has 17 heavy (non-hydrogen) atoms. The van der Waals surface area contributed by atoms with Crippen molar-refractivity contribution in [2.75, 3.05) is 0 Å². The summed E-state index contributed by atoms with van der Waals surface area (Å²) in [7, 11) is 0. The third-order valence-electron chi connectivity index (χ3n) is 1.33. The van der Waals surface area contributed by atoms with Gasteiger partial charge in [-0.05, 0) is 12.1 Å². The van der Waals surface area contributed by atoms with E-state index in [1.807, 2.05) is 0 Å². The average molecular weight is 322 g/mol. The van der Waals surface area contributed by atoms with Crippen LogP contribution in [0.2, 0.25) is 0 Å². The molecule has 0 atom stereocenters. The van der Waals surface area contributed by atoms with E-state index < -0.39 is 0 Å². The summed E-state index contributed by atoms with van der Waals surface area (Å²) in [6.45, 7) is 1.56. The molecule has 2 rings (SSSR count). The second-order valence-electron chi connectivity index (χ2n) is 2.40. The van der Waals surface area contributed by atoms with Crippen molar-refractivity contribution in [3.05, 3.63) is 49.8 Å². The zero-order chi connectivity index (χ0) is 10.9. The summed E-state index contributed by atoms with van der Waals surface area (Å²) in [5.41, 5.74) is 0. The van der Waals surface area contributed by atoms with Gasteiger partial charge in [0.25, 0.3) is 0 Å². The second-order valence-corrected chi connectivity index (χ2v) is 2.40. The summed E-state index contributed by atoms with van der Waals surface area (Å²) in [6, 6.07) is 3.51. The first kappa shape index (κ1) is 17.9. The van der Waals surface area contributed by atoms with E-state index in [1.54, 1.807) is 43.8 Å². The Kier molecular flexibility index (Phi) is 11.6. The molecule has 6 heteroatoms. The first-order chi connectivity index (χ1) is 7.38. The van der Waals surface area contributed by atoms with Crippen LogP contribution in [0.1, 0.15) is 6.92 Å². The Morgan fingerprint density at radius 1 is 0.882 bits per heavy atom. The van der Waals surface area contributed by atoms with Gasteiger partial charge >= 0.3 is 20.4 Å². The summed E-state index contributed by atoms with van der Waals surface area (Å²) in [4.78, 5) is 16.1. The summed E-state index contributed by atoms with van der Waals surface area (Å²) in [5.74, 6) is 1.11. The number of aromatic nitrogens is 4. The minimum absolute atomic E-state index is 0. The van der Waals surface area contributed by atoms with Crippen LogP contribution in [0.3, 0.4) is 0 Å². The van der Waals surface area contributed by atoms with Crippen LogP contribution >= 0.6 is 0 Å². The van der Waals surface area contributed by atoms with E-state index in [2.05, 4.69) is 19.9 Å². The first-order valence-electron chi connectivity index (χ1n) is 4.35. The number of rotatable bonds is 1. The fraction of sp³-hybridized carbons (Fsp3) is 0.0909. The van der Waals surface area contributed by atoms with Crippen molar-refractivity contribution in [2.45, 2.75) is 6.92 Å². The van der Waals surface area contributed by atoms with Crippen molar-refractivity contribution < 1.29 is 20.4 Å². The van der Waals surface area contributed by atoms with Gasteiger partial charge in [0.1, 0.15) is 0 Å². The van der Waals surface area contributed by atoms with Gasteiger partial charge in [-0.2, -0.15) is 0 Å². The van der Waals surface area contributed by atoms with Gasteiger partial charge in [0, 0.05) is 24.8 Å². The maximum atomic E-state index is 7.44. The van der Waals surface area contributed by atoms with E-state index in [4.69, 9.17) is 5.41 Å². The van der Waals surface area contributed by atoms with Gasteiger partial charge in [-0.1, -0.05) is 6.92 Å². The molecule has 0 aliphatic heterocycles. The summed E-state index contributed by atoms with van der Waals surface area (Å²) in [6.07, 6.45) is 7.66. The molecule has 0 aromatic carbocycles. The van der Waals surface area contributed by atoms with Crippen LogP contribution in [0.15, 0.2) is 36.9 Å². The molecule has 0 radical (unpaired) electrons. The van der Waals surface area contributed by atoms with E-state index in [0.717, 1.165) is 6.21 Å². The van der Waals surface area contributed by atoms with Crippen molar-refractivity contribution in [1.29, 1.82) is 0 Å². The molecule has 0 N–H and O–H groups in total. The topological polar surface area (TPSA) is 73.9 Å². The van der Waals surface area contributed by atoms with Crippen LogP contribution in [-0.4, -0.2) is 26.2 Å². The minimum Gasteiger partial charge on any atom is -0.814 e. The largest absolute Gasteiger partial charge is 2.00 e. The number of nitrogens with zero attached hydrogens (tertiary/aromatic N) is 5. The minimum atomic E-state index is 0. The zero-order valence-electron chi connectivity index (χ0n) is 9.59.